The maximum atomic E-state index is 14.4. The molecule has 4 atom stereocenters. The monoisotopic (exact) mass is 503 g/mol. The molecular formula is C28H35F2NO5. The predicted octanol–water partition coefficient (Wildman–Crippen LogP) is 4.95. The molecule has 1 N–H and O–H groups in total. The van der Waals surface area contributed by atoms with Crippen LogP contribution in [0.5, 0.6) is 0 Å². The van der Waals surface area contributed by atoms with E-state index in [2.05, 4.69) is 5.32 Å². The van der Waals surface area contributed by atoms with Gasteiger partial charge >= 0.3 is 0 Å². The van der Waals surface area contributed by atoms with Crippen molar-refractivity contribution in [3.63, 3.8) is 0 Å². The summed E-state index contributed by atoms with van der Waals surface area (Å²) in [5.74, 6) is -2.58. The summed E-state index contributed by atoms with van der Waals surface area (Å²) in [6, 6.07) is 11.2. The van der Waals surface area contributed by atoms with Gasteiger partial charge in [-0.25, -0.2) is 8.78 Å². The highest BCUT2D eigenvalue weighted by Crippen LogP contribution is 2.44. The first kappa shape index (κ1) is 26.7. The van der Waals surface area contributed by atoms with Crippen molar-refractivity contribution in [3.05, 3.63) is 70.8 Å². The maximum Gasteiger partial charge on any atom is 0.252 e. The average Bonchev–Trinajstić information content (AvgIpc) is 3.11. The fourth-order valence-corrected chi connectivity index (χ4v) is 4.84. The van der Waals surface area contributed by atoms with Crippen LogP contribution in [0.25, 0.3) is 0 Å². The Hall–Kier alpha value is -2.39. The number of halogens is 2. The molecule has 8 heteroatoms. The van der Waals surface area contributed by atoms with Crippen LogP contribution in [0, 0.1) is 18.6 Å². The Kier molecular flexibility index (Phi) is 7.80. The topological polar surface area (TPSA) is 66.0 Å². The number of carbonyl (C=O) groups is 1. The summed E-state index contributed by atoms with van der Waals surface area (Å²) < 4.78 is 52.7. The van der Waals surface area contributed by atoms with Gasteiger partial charge in [-0.05, 0) is 46.2 Å². The molecule has 0 bridgehead atoms. The number of amides is 1. The van der Waals surface area contributed by atoms with Crippen LogP contribution < -0.4 is 5.32 Å². The Morgan fingerprint density at radius 1 is 1.08 bits per heavy atom. The molecule has 1 amide bonds. The quantitative estimate of drug-likeness (QED) is 0.552. The summed E-state index contributed by atoms with van der Waals surface area (Å²) >= 11 is 0. The lowest BCUT2D eigenvalue weighted by Crippen LogP contribution is -2.60. The largest absolute Gasteiger partial charge is 0.371 e. The fourth-order valence-electron chi connectivity index (χ4n) is 4.84. The lowest BCUT2D eigenvalue weighted by atomic mass is 9.78. The van der Waals surface area contributed by atoms with Crippen LogP contribution >= 0.6 is 0 Å². The third-order valence-corrected chi connectivity index (χ3v) is 6.59. The zero-order chi connectivity index (χ0) is 26.1. The van der Waals surface area contributed by atoms with Crippen LogP contribution in [0.2, 0.25) is 0 Å². The van der Waals surface area contributed by atoms with Gasteiger partial charge < -0.3 is 24.3 Å². The number of benzene rings is 2. The van der Waals surface area contributed by atoms with E-state index >= 15 is 0 Å². The number of nitrogens with one attached hydrogen (secondary N) is 1. The molecule has 1 heterocycles. The molecule has 196 valence electrons. The molecule has 1 aliphatic carbocycles. The van der Waals surface area contributed by atoms with Crippen molar-refractivity contribution in [2.45, 2.75) is 96.4 Å². The van der Waals surface area contributed by atoms with Crippen molar-refractivity contribution < 1.29 is 32.5 Å². The average molecular weight is 504 g/mol. The Labute approximate surface area is 211 Å². The second kappa shape index (κ2) is 10.5. The van der Waals surface area contributed by atoms with E-state index in [0.29, 0.717) is 6.61 Å². The normalized spacial score (nSPS) is 27.2. The molecule has 36 heavy (non-hydrogen) atoms. The maximum absolute atomic E-state index is 14.4. The molecule has 1 saturated carbocycles. The summed E-state index contributed by atoms with van der Waals surface area (Å²) in [4.78, 5) is 13.6. The SMILES string of the molecule is Cc1ccc(CO[C@@H]2C[C@](OCc3ccc(F)cc3F)(C(=O)NC(C)C)C[C@H]3OC(C)(C)O[C@@H]23)cc1. The number of fused-ring (bicyclic) bond motifs is 1. The van der Waals surface area contributed by atoms with Gasteiger partial charge in [0.2, 0.25) is 0 Å². The molecule has 2 fully saturated rings. The van der Waals surface area contributed by atoms with Gasteiger partial charge in [0.25, 0.3) is 5.91 Å². The summed E-state index contributed by atoms with van der Waals surface area (Å²) in [7, 11) is 0. The van der Waals surface area contributed by atoms with Crippen molar-refractivity contribution in [1.82, 2.24) is 5.32 Å². The molecule has 1 saturated heterocycles. The van der Waals surface area contributed by atoms with E-state index in [0.717, 1.165) is 17.2 Å². The zero-order valence-corrected chi connectivity index (χ0v) is 21.5. The first-order chi connectivity index (χ1) is 17.0. The molecule has 2 aromatic rings. The van der Waals surface area contributed by atoms with Crippen LogP contribution in [0.1, 0.15) is 57.2 Å². The molecule has 2 aliphatic rings. The van der Waals surface area contributed by atoms with Crippen LogP contribution in [0.4, 0.5) is 8.78 Å². The van der Waals surface area contributed by atoms with E-state index in [9.17, 15) is 13.6 Å². The van der Waals surface area contributed by atoms with Crippen LogP contribution in [0.3, 0.4) is 0 Å². The van der Waals surface area contributed by atoms with Crippen LogP contribution in [-0.4, -0.2) is 41.6 Å². The highest BCUT2D eigenvalue weighted by molar-refractivity contribution is 5.85. The van der Waals surface area contributed by atoms with Gasteiger partial charge in [-0.2, -0.15) is 0 Å². The standard InChI is InChI=1S/C28H35F2NO5/c1-17(2)31-26(32)28(34-16-20-10-11-21(29)12-22(20)30)13-23(25-24(14-28)35-27(4,5)36-25)33-15-19-8-6-18(3)7-9-19/h6-12,17,23-25H,13-16H2,1-5H3,(H,31,32)/t23-,24-,25+,28-/m1/s1. The minimum absolute atomic E-state index is 0.137. The smallest absolute Gasteiger partial charge is 0.252 e. The Balaban J connectivity index is 1.61. The number of rotatable bonds is 8. The molecule has 0 spiro atoms. The van der Waals surface area contributed by atoms with Crippen molar-refractivity contribution in [2.24, 2.45) is 0 Å². The molecule has 6 nitrogen and oxygen atoms in total. The highest BCUT2D eigenvalue weighted by Gasteiger charge is 2.58. The molecule has 2 aromatic carbocycles. The number of hydrogen-bond donors (Lipinski definition) is 1. The lowest BCUT2D eigenvalue weighted by Gasteiger charge is -2.43. The second-order valence-electron chi connectivity index (χ2n) is 10.5. The van der Waals surface area contributed by atoms with Crippen molar-refractivity contribution in [2.75, 3.05) is 0 Å². The van der Waals surface area contributed by atoms with Crippen LogP contribution in [0.15, 0.2) is 42.5 Å². The van der Waals surface area contributed by atoms with E-state index in [1.165, 1.54) is 12.1 Å². The van der Waals surface area contributed by atoms with Gasteiger partial charge in [-0.15, -0.1) is 0 Å². The Morgan fingerprint density at radius 2 is 1.81 bits per heavy atom. The third-order valence-electron chi connectivity index (χ3n) is 6.59. The minimum atomic E-state index is -1.35. The third kappa shape index (κ3) is 6.11. The first-order valence-electron chi connectivity index (χ1n) is 12.4. The van der Waals surface area contributed by atoms with Gasteiger partial charge in [-0.1, -0.05) is 35.9 Å². The molecule has 1 aliphatic heterocycles. The Bertz CT molecular complexity index is 1070. The summed E-state index contributed by atoms with van der Waals surface area (Å²) in [6.07, 6.45) is -0.958. The molecule has 4 rings (SSSR count). The van der Waals surface area contributed by atoms with Gasteiger partial charge in [0.15, 0.2) is 11.4 Å². The predicted molar refractivity (Wildman–Crippen MR) is 130 cm³/mol. The molecule has 0 unspecified atom stereocenters. The highest BCUT2D eigenvalue weighted by atomic mass is 19.1. The summed E-state index contributed by atoms with van der Waals surface area (Å²) in [5.41, 5.74) is 0.953. The number of ether oxygens (including phenoxy) is 4. The lowest BCUT2D eigenvalue weighted by molar-refractivity contribution is -0.184. The van der Waals surface area contributed by atoms with Gasteiger partial charge in [0.05, 0.1) is 25.4 Å². The second-order valence-corrected chi connectivity index (χ2v) is 10.5. The molecular weight excluding hydrogens is 468 g/mol. The number of aryl methyl sites for hydroxylation is 1. The van der Waals surface area contributed by atoms with Crippen molar-refractivity contribution in [3.8, 4) is 0 Å². The first-order valence-corrected chi connectivity index (χ1v) is 12.4. The fraction of sp³-hybridized carbons (Fsp3) is 0.536. The molecule has 0 aromatic heterocycles. The van der Waals surface area contributed by atoms with E-state index in [-0.39, 0.29) is 37.0 Å². The summed E-state index contributed by atoms with van der Waals surface area (Å²) in [6.45, 7) is 9.52. The number of carbonyl (C=O) groups excluding carboxylic acids is 1. The van der Waals surface area contributed by atoms with E-state index in [4.69, 9.17) is 18.9 Å². The van der Waals surface area contributed by atoms with Gasteiger partial charge in [0.1, 0.15) is 17.7 Å². The molecule has 0 radical (unpaired) electrons. The van der Waals surface area contributed by atoms with E-state index in [1.807, 2.05) is 58.9 Å². The van der Waals surface area contributed by atoms with Crippen molar-refractivity contribution >= 4 is 5.91 Å². The van der Waals surface area contributed by atoms with Crippen LogP contribution in [-0.2, 0) is 37.0 Å². The summed E-state index contributed by atoms with van der Waals surface area (Å²) in [5, 5.41) is 2.94. The number of hydrogen-bond acceptors (Lipinski definition) is 5. The van der Waals surface area contributed by atoms with E-state index in [1.54, 1.807) is 0 Å². The van der Waals surface area contributed by atoms with E-state index < -0.39 is 41.3 Å². The Morgan fingerprint density at radius 3 is 2.47 bits per heavy atom. The minimum Gasteiger partial charge on any atom is -0.371 e. The van der Waals surface area contributed by atoms with Gasteiger partial charge in [-0.3, -0.25) is 4.79 Å². The van der Waals surface area contributed by atoms with Crippen molar-refractivity contribution in [1.29, 1.82) is 0 Å². The van der Waals surface area contributed by atoms with Gasteiger partial charge in [0, 0.05) is 30.5 Å². The zero-order valence-electron chi connectivity index (χ0n) is 21.5.